The number of amides is 2. The molecule has 0 radical (unpaired) electrons. The highest BCUT2D eigenvalue weighted by Crippen LogP contribution is 2.26. The van der Waals surface area contributed by atoms with Gasteiger partial charge in [-0.15, -0.1) is 10.2 Å². The van der Waals surface area contributed by atoms with Gasteiger partial charge in [0, 0.05) is 61.6 Å². The third kappa shape index (κ3) is 7.37. The number of thioether (sulfide) groups is 1. The standard InChI is InChI=1S/C33H37N5O4S/c1-24-23-36(16-17-37(24)32(40)26-20-28(41-2)22-29(21-26)42-3)31(39)15-10-18-43-33-35-34-30(19-25-11-6-4-7-12-25)38(33)27-13-8-5-9-14-27/h4-9,11-14,20-22,24H,10,15-19,23H2,1-3H3. The van der Waals surface area contributed by atoms with Gasteiger partial charge in [0.05, 0.1) is 14.2 Å². The second kappa shape index (κ2) is 14.2. The first kappa shape index (κ1) is 30.2. The molecule has 2 heterocycles. The Morgan fingerprint density at radius 2 is 1.58 bits per heavy atom. The molecular weight excluding hydrogens is 562 g/mol. The minimum absolute atomic E-state index is 0.0950. The lowest BCUT2D eigenvalue weighted by molar-refractivity contribution is -0.133. The molecule has 4 aromatic rings. The lowest BCUT2D eigenvalue weighted by Crippen LogP contribution is -2.55. The first-order valence-corrected chi connectivity index (χ1v) is 15.4. The molecule has 43 heavy (non-hydrogen) atoms. The largest absolute Gasteiger partial charge is 0.497 e. The van der Waals surface area contributed by atoms with Gasteiger partial charge in [0.15, 0.2) is 5.16 Å². The molecule has 1 aliphatic heterocycles. The van der Waals surface area contributed by atoms with Crippen LogP contribution in [0.1, 0.15) is 41.5 Å². The molecule has 2 amide bonds. The molecule has 0 spiro atoms. The lowest BCUT2D eigenvalue weighted by atomic mass is 10.1. The molecule has 1 saturated heterocycles. The summed E-state index contributed by atoms with van der Waals surface area (Å²) in [4.78, 5) is 30.1. The van der Waals surface area contributed by atoms with E-state index in [1.54, 1.807) is 44.2 Å². The number of benzene rings is 3. The fourth-order valence-corrected chi connectivity index (χ4v) is 6.16. The molecule has 5 rings (SSSR count). The second-order valence-corrected chi connectivity index (χ2v) is 11.5. The highest BCUT2D eigenvalue weighted by Gasteiger charge is 2.30. The summed E-state index contributed by atoms with van der Waals surface area (Å²) in [6.45, 7) is 3.47. The summed E-state index contributed by atoms with van der Waals surface area (Å²) in [7, 11) is 3.12. The minimum Gasteiger partial charge on any atom is -0.497 e. The van der Waals surface area contributed by atoms with Crippen molar-refractivity contribution in [3.8, 4) is 17.2 Å². The SMILES string of the molecule is COc1cc(OC)cc(C(=O)N2CCN(C(=O)CCCSc3nnc(Cc4ccccc4)n3-c3ccccc3)CC2C)c1. The summed E-state index contributed by atoms with van der Waals surface area (Å²) in [6.07, 6.45) is 1.84. The van der Waals surface area contributed by atoms with Crippen molar-refractivity contribution in [2.75, 3.05) is 39.6 Å². The van der Waals surface area contributed by atoms with Crippen molar-refractivity contribution in [3.05, 3.63) is 95.8 Å². The number of methoxy groups -OCH3 is 2. The molecule has 1 aromatic heterocycles. The normalized spacial score (nSPS) is 14.9. The number of aromatic nitrogens is 3. The van der Waals surface area contributed by atoms with Gasteiger partial charge in [-0.25, -0.2) is 0 Å². The lowest BCUT2D eigenvalue weighted by Gasteiger charge is -2.40. The molecule has 224 valence electrons. The van der Waals surface area contributed by atoms with E-state index in [-0.39, 0.29) is 17.9 Å². The number of para-hydroxylation sites is 1. The average molecular weight is 600 g/mol. The van der Waals surface area contributed by atoms with Crippen LogP contribution in [0.4, 0.5) is 0 Å². The molecule has 1 unspecified atom stereocenters. The number of ether oxygens (including phenoxy) is 2. The summed E-state index contributed by atoms with van der Waals surface area (Å²) in [5.41, 5.74) is 2.70. The maximum atomic E-state index is 13.3. The van der Waals surface area contributed by atoms with Gasteiger partial charge in [0.1, 0.15) is 17.3 Å². The quantitative estimate of drug-likeness (QED) is 0.175. The van der Waals surface area contributed by atoms with Crippen molar-refractivity contribution in [2.45, 2.75) is 37.4 Å². The van der Waals surface area contributed by atoms with Gasteiger partial charge in [-0.3, -0.25) is 14.2 Å². The van der Waals surface area contributed by atoms with Crippen LogP contribution in [0.5, 0.6) is 11.5 Å². The van der Waals surface area contributed by atoms with Gasteiger partial charge in [-0.1, -0.05) is 60.3 Å². The first-order chi connectivity index (χ1) is 21.0. The molecule has 1 atom stereocenters. The summed E-state index contributed by atoms with van der Waals surface area (Å²) in [5.74, 6) is 2.77. The number of rotatable bonds is 11. The van der Waals surface area contributed by atoms with Crippen LogP contribution < -0.4 is 9.47 Å². The van der Waals surface area contributed by atoms with Crippen molar-refractivity contribution in [2.24, 2.45) is 0 Å². The van der Waals surface area contributed by atoms with Gasteiger partial charge >= 0.3 is 0 Å². The number of piperazine rings is 1. The van der Waals surface area contributed by atoms with Gasteiger partial charge in [-0.2, -0.15) is 0 Å². The van der Waals surface area contributed by atoms with Gasteiger partial charge in [0.2, 0.25) is 5.91 Å². The Kier molecular flexibility index (Phi) is 9.99. The van der Waals surface area contributed by atoms with E-state index >= 15 is 0 Å². The van der Waals surface area contributed by atoms with Crippen LogP contribution in [0.2, 0.25) is 0 Å². The van der Waals surface area contributed by atoms with E-state index in [1.165, 1.54) is 5.56 Å². The third-order valence-electron chi connectivity index (χ3n) is 7.53. The van der Waals surface area contributed by atoms with Crippen molar-refractivity contribution in [1.29, 1.82) is 0 Å². The van der Waals surface area contributed by atoms with Crippen LogP contribution in [-0.2, 0) is 11.2 Å². The number of hydrogen-bond donors (Lipinski definition) is 0. The third-order valence-corrected chi connectivity index (χ3v) is 8.54. The zero-order valence-corrected chi connectivity index (χ0v) is 25.6. The Morgan fingerprint density at radius 1 is 0.907 bits per heavy atom. The van der Waals surface area contributed by atoms with Gasteiger partial charge < -0.3 is 19.3 Å². The fourth-order valence-electron chi connectivity index (χ4n) is 5.25. The Bertz CT molecular complexity index is 1510. The Hall–Kier alpha value is -4.31. The smallest absolute Gasteiger partial charge is 0.254 e. The van der Waals surface area contributed by atoms with E-state index in [0.29, 0.717) is 49.5 Å². The van der Waals surface area contributed by atoms with E-state index < -0.39 is 0 Å². The Balaban J connectivity index is 1.15. The van der Waals surface area contributed by atoms with Gasteiger partial charge in [-0.05, 0) is 43.2 Å². The van der Waals surface area contributed by atoms with E-state index in [0.717, 1.165) is 28.8 Å². The zero-order chi connectivity index (χ0) is 30.2. The average Bonchev–Trinajstić information content (AvgIpc) is 3.45. The van der Waals surface area contributed by atoms with Crippen molar-refractivity contribution in [3.63, 3.8) is 0 Å². The number of carbonyl (C=O) groups is 2. The number of nitrogens with zero attached hydrogens (tertiary/aromatic N) is 5. The molecule has 0 aliphatic carbocycles. The Labute approximate surface area is 256 Å². The summed E-state index contributed by atoms with van der Waals surface area (Å²) < 4.78 is 12.8. The van der Waals surface area contributed by atoms with Gasteiger partial charge in [0.25, 0.3) is 5.91 Å². The van der Waals surface area contributed by atoms with Crippen LogP contribution in [0.3, 0.4) is 0 Å². The van der Waals surface area contributed by atoms with Crippen molar-refractivity contribution < 1.29 is 19.1 Å². The predicted octanol–water partition coefficient (Wildman–Crippen LogP) is 5.12. The monoisotopic (exact) mass is 599 g/mol. The molecule has 9 nitrogen and oxygen atoms in total. The summed E-state index contributed by atoms with van der Waals surface area (Å²) >= 11 is 1.62. The minimum atomic E-state index is -0.107. The first-order valence-electron chi connectivity index (χ1n) is 14.4. The van der Waals surface area contributed by atoms with Crippen LogP contribution in [0.25, 0.3) is 5.69 Å². The molecule has 3 aromatic carbocycles. The van der Waals surface area contributed by atoms with Crippen molar-refractivity contribution in [1.82, 2.24) is 24.6 Å². The van der Waals surface area contributed by atoms with Crippen molar-refractivity contribution >= 4 is 23.6 Å². The highest BCUT2D eigenvalue weighted by molar-refractivity contribution is 7.99. The number of carbonyl (C=O) groups excluding carboxylic acids is 2. The second-order valence-electron chi connectivity index (χ2n) is 10.5. The molecule has 0 N–H and O–H groups in total. The van der Waals surface area contributed by atoms with Crippen LogP contribution in [0.15, 0.2) is 84.0 Å². The zero-order valence-electron chi connectivity index (χ0n) is 24.8. The van der Waals surface area contributed by atoms with Crippen LogP contribution in [0, 0.1) is 0 Å². The molecule has 10 heteroatoms. The number of hydrogen-bond acceptors (Lipinski definition) is 7. The molecule has 1 fully saturated rings. The highest BCUT2D eigenvalue weighted by atomic mass is 32.2. The van der Waals surface area contributed by atoms with Crippen LogP contribution >= 0.6 is 11.8 Å². The molecule has 0 saturated carbocycles. The van der Waals surface area contributed by atoms with E-state index in [2.05, 4.69) is 39.0 Å². The van der Waals surface area contributed by atoms with E-state index in [9.17, 15) is 9.59 Å². The Morgan fingerprint density at radius 3 is 2.23 bits per heavy atom. The molecule has 0 bridgehead atoms. The topological polar surface area (TPSA) is 89.8 Å². The fraction of sp³-hybridized carbons (Fsp3) is 0.333. The molecule has 1 aliphatic rings. The van der Waals surface area contributed by atoms with E-state index in [1.807, 2.05) is 53.1 Å². The summed E-state index contributed by atoms with van der Waals surface area (Å²) in [6, 6.07) is 25.5. The maximum Gasteiger partial charge on any atom is 0.254 e. The predicted molar refractivity (Wildman–Crippen MR) is 167 cm³/mol. The van der Waals surface area contributed by atoms with E-state index in [4.69, 9.17) is 9.47 Å². The molecular formula is C33H37N5O4S. The summed E-state index contributed by atoms with van der Waals surface area (Å²) in [5, 5.41) is 9.84. The maximum absolute atomic E-state index is 13.3. The van der Waals surface area contributed by atoms with Crippen LogP contribution in [-0.4, -0.2) is 82.0 Å².